The summed E-state index contributed by atoms with van der Waals surface area (Å²) < 4.78 is 30.1. The van der Waals surface area contributed by atoms with E-state index in [0.29, 0.717) is 22.9 Å². The Labute approximate surface area is 123 Å². The molecule has 0 aliphatic rings. The normalized spacial score (nSPS) is 11.3. The predicted octanol–water partition coefficient (Wildman–Crippen LogP) is 3.23. The number of halogens is 1. The average molecular weight is 315 g/mol. The van der Waals surface area contributed by atoms with Crippen LogP contribution in [-0.2, 0) is 16.6 Å². The second-order valence-electron chi connectivity index (χ2n) is 4.45. The molecule has 2 rings (SSSR count). The Bertz CT molecular complexity index is 710. The van der Waals surface area contributed by atoms with Crippen LogP contribution >= 0.6 is 11.6 Å². The van der Waals surface area contributed by atoms with E-state index in [9.17, 15) is 8.42 Å². The van der Waals surface area contributed by atoms with Crippen molar-refractivity contribution in [1.29, 1.82) is 0 Å². The highest BCUT2D eigenvalue weighted by atomic mass is 35.5. The number of rotatable bonds is 5. The first-order valence-electron chi connectivity index (χ1n) is 5.89. The van der Waals surface area contributed by atoms with Gasteiger partial charge in [-0.05, 0) is 36.8 Å². The van der Waals surface area contributed by atoms with Gasteiger partial charge in [-0.1, -0.05) is 11.6 Å². The molecular formula is C13H15ClN2O3S. The molecule has 0 aliphatic heterocycles. The number of sulfonamides is 1. The minimum absolute atomic E-state index is 0.454. The SMILES string of the molecule is Cc1ccoc1CNc1cc(NS(C)(=O)=O)ccc1Cl. The maximum absolute atomic E-state index is 11.2. The van der Waals surface area contributed by atoms with Crippen molar-refractivity contribution in [3.8, 4) is 0 Å². The van der Waals surface area contributed by atoms with E-state index in [1.165, 1.54) is 0 Å². The molecule has 0 spiro atoms. The Hall–Kier alpha value is -1.66. The van der Waals surface area contributed by atoms with Gasteiger partial charge in [-0.2, -0.15) is 0 Å². The number of anilines is 2. The van der Waals surface area contributed by atoms with Crippen LogP contribution in [0.25, 0.3) is 0 Å². The minimum atomic E-state index is -3.31. The molecule has 1 aromatic heterocycles. The summed E-state index contributed by atoms with van der Waals surface area (Å²) in [5.41, 5.74) is 2.13. The molecule has 7 heteroatoms. The van der Waals surface area contributed by atoms with Crippen LogP contribution in [0.5, 0.6) is 0 Å². The van der Waals surface area contributed by atoms with Gasteiger partial charge in [0.2, 0.25) is 10.0 Å². The van der Waals surface area contributed by atoms with Gasteiger partial charge in [-0.15, -0.1) is 0 Å². The Morgan fingerprint density at radius 2 is 2.05 bits per heavy atom. The molecule has 0 saturated heterocycles. The smallest absolute Gasteiger partial charge is 0.229 e. The number of hydrogen-bond acceptors (Lipinski definition) is 4. The molecule has 108 valence electrons. The van der Waals surface area contributed by atoms with Gasteiger partial charge in [0.1, 0.15) is 5.76 Å². The number of hydrogen-bond donors (Lipinski definition) is 2. The highest BCUT2D eigenvalue weighted by Gasteiger charge is 2.07. The lowest BCUT2D eigenvalue weighted by Gasteiger charge is -2.10. The van der Waals surface area contributed by atoms with Crippen molar-refractivity contribution in [3.05, 3.63) is 46.9 Å². The molecule has 1 heterocycles. The fraction of sp³-hybridized carbons (Fsp3) is 0.231. The topological polar surface area (TPSA) is 71.3 Å². The zero-order chi connectivity index (χ0) is 14.8. The third-order valence-electron chi connectivity index (χ3n) is 2.68. The zero-order valence-electron chi connectivity index (χ0n) is 11.1. The van der Waals surface area contributed by atoms with Gasteiger partial charge in [-0.25, -0.2) is 8.42 Å². The third kappa shape index (κ3) is 3.91. The van der Waals surface area contributed by atoms with Gasteiger partial charge in [0.15, 0.2) is 0 Å². The third-order valence-corrected chi connectivity index (χ3v) is 3.61. The quantitative estimate of drug-likeness (QED) is 0.889. The molecule has 0 amide bonds. The molecule has 0 atom stereocenters. The predicted molar refractivity (Wildman–Crippen MR) is 80.7 cm³/mol. The first-order valence-corrected chi connectivity index (χ1v) is 8.16. The summed E-state index contributed by atoms with van der Waals surface area (Å²) in [5, 5.41) is 3.63. The maximum Gasteiger partial charge on any atom is 0.229 e. The Morgan fingerprint density at radius 3 is 2.65 bits per heavy atom. The van der Waals surface area contributed by atoms with Crippen LogP contribution in [-0.4, -0.2) is 14.7 Å². The number of aryl methyl sites for hydroxylation is 1. The van der Waals surface area contributed by atoms with Gasteiger partial charge >= 0.3 is 0 Å². The van der Waals surface area contributed by atoms with Gasteiger partial charge in [0.25, 0.3) is 0 Å². The summed E-state index contributed by atoms with van der Waals surface area (Å²) in [6.07, 6.45) is 2.72. The number of furan rings is 1. The van der Waals surface area contributed by atoms with Crippen LogP contribution in [0.2, 0.25) is 5.02 Å². The van der Waals surface area contributed by atoms with Gasteiger partial charge in [0, 0.05) is 0 Å². The van der Waals surface area contributed by atoms with Crippen molar-refractivity contribution in [2.75, 3.05) is 16.3 Å². The highest BCUT2D eigenvalue weighted by molar-refractivity contribution is 7.92. The van der Waals surface area contributed by atoms with Gasteiger partial charge < -0.3 is 9.73 Å². The monoisotopic (exact) mass is 314 g/mol. The van der Waals surface area contributed by atoms with E-state index in [-0.39, 0.29) is 0 Å². The lowest BCUT2D eigenvalue weighted by molar-refractivity contribution is 0.515. The molecule has 0 unspecified atom stereocenters. The number of nitrogens with one attached hydrogen (secondary N) is 2. The largest absolute Gasteiger partial charge is 0.467 e. The molecule has 0 bridgehead atoms. The van der Waals surface area contributed by atoms with Gasteiger partial charge in [-0.3, -0.25) is 4.72 Å². The minimum Gasteiger partial charge on any atom is -0.467 e. The molecule has 20 heavy (non-hydrogen) atoms. The molecule has 2 N–H and O–H groups in total. The first-order chi connectivity index (χ1) is 9.35. The van der Waals surface area contributed by atoms with E-state index in [1.54, 1.807) is 24.5 Å². The van der Waals surface area contributed by atoms with E-state index < -0.39 is 10.0 Å². The summed E-state index contributed by atoms with van der Waals surface area (Å²) in [4.78, 5) is 0. The van der Waals surface area contributed by atoms with E-state index >= 15 is 0 Å². The molecule has 5 nitrogen and oxygen atoms in total. The van der Waals surface area contributed by atoms with E-state index in [2.05, 4.69) is 10.0 Å². The highest BCUT2D eigenvalue weighted by Crippen LogP contribution is 2.26. The van der Waals surface area contributed by atoms with Crippen LogP contribution in [0.3, 0.4) is 0 Å². The van der Waals surface area contributed by atoms with Crippen molar-refractivity contribution < 1.29 is 12.8 Å². The Balaban J connectivity index is 2.15. The van der Waals surface area contributed by atoms with Crippen LogP contribution in [0.4, 0.5) is 11.4 Å². The molecule has 0 aliphatic carbocycles. The Kier molecular flexibility index (Phi) is 4.25. The van der Waals surface area contributed by atoms with Crippen LogP contribution < -0.4 is 10.0 Å². The first kappa shape index (κ1) is 14.7. The molecular weight excluding hydrogens is 300 g/mol. The van der Waals surface area contributed by atoms with Crippen LogP contribution in [0, 0.1) is 6.92 Å². The molecule has 0 radical (unpaired) electrons. The van der Waals surface area contributed by atoms with Crippen LogP contribution in [0.15, 0.2) is 34.9 Å². The fourth-order valence-corrected chi connectivity index (χ4v) is 2.44. The molecule has 1 aromatic carbocycles. The number of benzene rings is 1. The summed E-state index contributed by atoms with van der Waals surface area (Å²) in [7, 11) is -3.31. The van der Waals surface area contributed by atoms with Gasteiger partial charge in [0.05, 0.1) is 35.5 Å². The van der Waals surface area contributed by atoms with Crippen molar-refractivity contribution in [3.63, 3.8) is 0 Å². The maximum atomic E-state index is 11.2. The second-order valence-corrected chi connectivity index (χ2v) is 6.60. The molecule has 0 saturated carbocycles. The van der Waals surface area contributed by atoms with E-state index in [0.717, 1.165) is 17.6 Å². The zero-order valence-corrected chi connectivity index (χ0v) is 12.7. The molecule has 2 aromatic rings. The van der Waals surface area contributed by atoms with E-state index in [4.69, 9.17) is 16.0 Å². The summed E-state index contributed by atoms with van der Waals surface area (Å²) >= 11 is 6.08. The standard InChI is InChI=1S/C13H15ClN2O3S/c1-9-5-6-19-13(9)8-15-12-7-10(3-4-11(12)14)16-20(2,17)18/h3-7,15-16H,8H2,1-2H3. The summed E-state index contributed by atoms with van der Waals surface area (Å²) in [6.45, 7) is 2.42. The second kappa shape index (κ2) is 5.76. The van der Waals surface area contributed by atoms with Crippen molar-refractivity contribution in [2.24, 2.45) is 0 Å². The van der Waals surface area contributed by atoms with Crippen molar-refractivity contribution >= 4 is 33.0 Å². The van der Waals surface area contributed by atoms with E-state index in [1.807, 2.05) is 13.0 Å². The molecule has 0 fully saturated rings. The lowest BCUT2D eigenvalue weighted by Crippen LogP contribution is -2.10. The van der Waals surface area contributed by atoms with Crippen LogP contribution in [0.1, 0.15) is 11.3 Å². The summed E-state index contributed by atoms with van der Waals surface area (Å²) in [6, 6.07) is 6.75. The van der Waals surface area contributed by atoms with Crippen molar-refractivity contribution in [1.82, 2.24) is 0 Å². The average Bonchev–Trinajstić information content (AvgIpc) is 2.74. The lowest BCUT2D eigenvalue weighted by atomic mass is 10.2. The van der Waals surface area contributed by atoms with Crippen molar-refractivity contribution in [2.45, 2.75) is 13.5 Å². The fourth-order valence-electron chi connectivity index (χ4n) is 1.70. The Morgan fingerprint density at radius 1 is 1.30 bits per heavy atom. The summed E-state index contributed by atoms with van der Waals surface area (Å²) in [5.74, 6) is 0.808.